The van der Waals surface area contributed by atoms with Gasteiger partial charge in [0.15, 0.2) is 0 Å². The van der Waals surface area contributed by atoms with Crippen LogP contribution in [0.1, 0.15) is 43.9 Å². The lowest BCUT2D eigenvalue weighted by Crippen LogP contribution is -2.24. The molecule has 0 aliphatic heterocycles. The minimum absolute atomic E-state index is 0.292. The molecule has 19 heavy (non-hydrogen) atoms. The zero-order valence-electron chi connectivity index (χ0n) is 11.3. The molecule has 1 aromatic carbocycles. The molecular weight excluding hydrogens is 251 g/mol. The molecule has 4 heteroatoms. The van der Waals surface area contributed by atoms with Gasteiger partial charge >= 0.3 is 6.18 Å². The van der Waals surface area contributed by atoms with Crippen LogP contribution in [0.15, 0.2) is 36.4 Å². The number of halogens is 3. The summed E-state index contributed by atoms with van der Waals surface area (Å²) in [5, 5.41) is 3.13. The molecule has 0 radical (unpaired) electrons. The van der Waals surface area contributed by atoms with Gasteiger partial charge in [0.25, 0.3) is 0 Å². The highest BCUT2D eigenvalue weighted by molar-refractivity contribution is 5.32. The number of benzene rings is 1. The highest BCUT2D eigenvalue weighted by Crippen LogP contribution is 2.35. The van der Waals surface area contributed by atoms with Gasteiger partial charge in [0, 0.05) is 6.04 Å². The van der Waals surface area contributed by atoms with Crippen molar-refractivity contribution in [3.63, 3.8) is 0 Å². The SMILES string of the molecule is C=C(C)CCC(NCC)c1ccccc1C(F)(F)F. The minimum Gasteiger partial charge on any atom is -0.310 e. The topological polar surface area (TPSA) is 12.0 Å². The van der Waals surface area contributed by atoms with Crippen molar-refractivity contribution in [3.05, 3.63) is 47.5 Å². The summed E-state index contributed by atoms with van der Waals surface area (Å²) < 4.78 is 39.0. The van der Waals surface area contributed by atoms with Crippen LogP contribution in [0, 0.1) is 0 Å². The number of allylic oxidation sites excluding steroid dienone is 1. The molecule has 0 bridgehead atoms. The van der Waals surface area contributed by atoms with Crippen molar-refractivity contribution >= 4 is 0 Å². The average Bonchev–Trinajstić information content (AvgIpc) is 2.33. The van der Waals surface area contributed by atoms with Crippen molar-refractivity contribution in [1.29, 1.82) is 0 Å². The Morgan fingerprint density at radius 2 is 1.95 bits per heavy atom. The molecule has 0 saturated heterocycles. The van der Waals surface area contributed by atoms with Crippen molar-refractivity contribution < 1.29 is 13.2 Å². The Kier molecular flexibility index (Phi) is 5.60. The molecule has 0 aliphatic carbocycles. The van der Waals surface area contributed by atoms with Crippen LogP contribution < -0.4 is 5.32 Å². The summed E-state index contributed by atoms with van der Waals surface area (Å²) in [6.45, 7) is 8.21. The molecule has 1 unspecified atom stereocenters. The Balaban J connectivity index is 3.04. The van der Waals surface area contributed by atoms with E-state index in [0.717, 1.165) is 11.6 Å². The lowest BCUT2D eigenvalue weighted by Gasteiger charge is -2.22. The van der Waals surface area contributed by atoms with Crippen LogP contribution in [-0.2, 0) is 6.18 Å². The van der Waals surface area contributed by atoms with E-state index >= 15 is 0 Å². The maximum absolute atomic E-state index is 13.0. The molecule has 1 nitrogen and oxygen atoms in total. The largest absolute Gasteiger partial charge is 0.416 e. The van der Waals surface area contributed by atoms with Gasteiger partial charge in [-0.2, -0.15) is 13.2 Å². The predicted octanol–water partition coefficient (Wildman–Crippen LogP) is 4.71. The van der Waals surface area contributed by atoms with Crippen LogP contribution in [0.25, 0.3) is 0 Å². The molecule has 0 heterocycles. The lowest BCUT2D eigenvalue weighted by molar-refractivity contribution is -0.138. The van der Waals surface area contributed by atoms with Crippen molar-refractivity contribution in [2.45, 2.75) is 38.9 Å². The highest BCUT2D eigenvalue weighted by atomic mass is 19.4. The first-order valence-electron chi connectivity index (χ1n) is 6.40. The fourth-order valence-electron chi connectivity index (χ4n) is 2.06. The smallest absolute Gasteiger partial charge is 0.310 e. The predicted molar refractivity (Wildman–Crippen MR) is 71.9 cm³/mol. The van der Waals surface area contributed by atoms with Crippen LogP contribution >= 0.6 is 0 Å². The van der Waals surface area contributed by atoms with Gasteiger partial charge in [0.1, 0.15) is 0 Å². The fourth-order valence-corrected chi connectivity index (χ4v) is 2.06. The van der Waals surface area contributed by atoms with E-state index in [1.807, 2.05) is 13.8 Å². The lowest BCUT2D eigenvalue weighted by atomic mass is 9.95. The van der Waals surface area contributed by atoms with Gasteiger partial charge in [-0.05, 0) is 37.9 Å². The molecule has 0 spiro atoms. The zero-order chi connectivity index (χ0) is 14.5. The van der Waals surface area contributed by atoms with Crippen LogP contribution in [0.4, 0.5) is 13.2 Å². The molecule has 1 aromatic rings. The Bertz CT molecular complexity index is 424. The van der Waals surface area contributed by atoms with Gasteiger partial charge < -0.3 is 5.32 Å². The monoisotopic (exact) mass is 271 g/mol. The summed E-state index contributed by atoms with van der Waals surface area (Å²) in [5.74, 6) is 0. The Hall–Kier alpha value is -1.29. The highest BCUT2D eigenvalue weighted by Gasteiger charge is 2.34. The Morgan fingerprint density at radius 3 is 2.47 bits per heavy atom. The molecule has 0 saturated carbocycles. The third-order valence-electron chi connectivity index (χ3n) is 2.95. The second-order valence-electron chi connectivity index (χ2n) is 4.69. The molecular formula is C15H20F3N. The minimum atomic E-state index is -4.31. The zero-order valence-corrected chi connectivity index (χ0v) is 11.3. The van der Waals surface area contributed by atoms with Gasteiger partial charge in [-0.3, -0.25) is 0 Å². The normalized spacial score (nSPS) is 13.3. The third-order valence-corrected chi connectivity index (χ3v) is 2.95. The first-order chi connectivity index (χ1) is 8.86. The average molecular weight is 271 g/mol. The summed E-state index contributed by atoms with van der Waals surface area (Å²) in [5.41, 5.74) is 0.744. The summed E-state index contributed by atoms with van der Waals surface area (Å²) in [6.07, 6.45) is -2.98. The second-order valence-corrected chi connectivity index (χ2v) is 4.69. The van der Waals surface area contributed by atoms with E-state index in [4.69, 9.17) is 0 Å². The first-order valence-corrected chi connectivity index (χ1v) is 6.40. The van der Waals surface area contributed by atoms with Crippen molar-refractivity contribution in [1.82, 2.24) is 5.32 Å². The number of rotatable bonds is 6. The molecule has 106 valence electrons. The molecule has 1 N–H and O–H groups in total. The van der Waals surface area contributed by atoms with Gasteiger partial charge in [0.05, 0.1) is 5.56 Å². The fraction of sp³-hybridized carbons (Fsp3) is 0.467. The molecule has 0 fully saturated rings. The number of hydrogen-bond donors (Lipinski definition) is 1. The summed E-state index contributed by atoms with van der Waals surface area (Å²) >= 11 is 0. The Morgan fingerprint density at radius 1 is 1.32 bits per heavy atom. The first kappa shape index (κ1) is 15.8. The number of nitrogens with one attached hydrogen (secondary N) is 1. The van der Waals surface area contributed by atoms with Crippen LogP contribution in [-0.4, -0.2) is 6.54 Å². The quantitative estimate of drug-likeness (QED) is 0.739. The third kappa shape index (κ3) is 4.71. The number of alkyl halides is 3. The molecule has 1 rings (SSSR count). The maximum Gasteiger partial charge on any atom is 0.416 e. The summed E-state index contributed by atoms with van der Waals surface area (Å²) in [6, 6.07) is 5.47. The summed E-state index contributed by atoms with van der Waals surface area (Å²) in [7, 11) is 0. The van der Waals surface area contributed by atoms with Crippen LogP contribution in [0.3, 0.4) is 0 Å². The van der Waals surface area contributed by atoms with E-state index in [9.17, 15) is 13.2 Å². The molecule has 1 atom stereocenters. The van der Waals surface area contributed by atoms with E-state index in [2.05, 4.69) is 11.9 Å². The van der Waals surface area contributed by atoms with Gasteiger partial charge in [-0.15, -0.1) is 6.58 Å². The van der Waals surface area contributed by atoms with Crippen molar-refractivity contribution in [2.75, 3.05) is 6.54 Å². The van der Waals surface area contributed by atoms with Crippen molar-refractivity contribution in [3.8, 4) is 0 Å². The van der Waals surface area contributed by atoms with E-state index < -0.39 is 11.7 Å². The standard InChI is InChI=1S/C15H20F3N/c1-4-19-14(10-9-11(2)3)12-7-5-6-8-13(12)15(16,17)18/h5-8,14,19H,2,4,9-10H2,1,3H3. The molecule has 0 aliphatic rings. The molecule has 0 aromatic heterocycles. The van der Waals surface area contributed by atoms with Gasteiger partial charge in [-0.1, -0.05) is 30.7 Å². The van der Waals surface area contributed by atoms with Crippen molar-refractivity contribution in [2.24, 2.45) is 0 Å². The van der Waals surface area contributed by atoms with Crippen LogP contribution in [0.2, 0.25) is 0 Å². The maximum atomic E-state index is 13.0. The van der Waals surface area contributed by atoms with E-state index in [-0.39, 0.29) is 6.04 Å². The molecule has 0 amide bonds. The van der Waals surface area contributed by atoms with E-state index in [0.29, 0.717) is 24.9 Å². The van der Waals surface area contributed by atoms with Gasteiger partial charge in [0.2, 0.25) is 0 Å². The Labute approximate surface area is 112 Å². The summed E-state index contributed by atoms with van der Waals surface area (Å²) in [4.78, 5) is 0. The van der Waals surface area contributed by atoms with E-state index in [1.54, 1.807) is 12.1 Å². The van der Waals surface area contributed by atoms with Crippen LogP contribution in [0.5, 0.6) is 0 Å². The van der Waals surface area contributed by atoms with E-state index in [1.165, 1.54) is 6.07 Å². The number of hydrogen-bond acceptors (Lipinski definition) is 1. The van der Waals surface area contributed by atoms with Gasteiger partial charge in [-0.25, -0.2) is 0 Å². The second kappa shape index (κ2) is 6.75.